The smallest absolute Gasteiger partial charge is 0.483 e. The maximum atomic E-state index is 12.7. The lowest BCUT2D eigenvalue weighted by Gasteiger charge is -2.14. The topological polar surface area (TPSA) is 78.3 Å². The summed E-state index contributed by atoms with van der Waals surface area (Å²) in [6.45, 7) is 0.139. The molecule has 0 unspecified atom stereocenters. The third-order valence-corrected chi connectivity index (χ3v) is 4.22. The molecule has 0 saturated heterocycles. The fourth-order valence-electron chi connectivity index (χ4n) is 2.84. The summed E-state index contributed by atoms with van der Waals surface area (Å²) in [5, 5.41) is 6.99. The summed E-state index contributed by atoms with van der Waals surface area (Å²) in [6.07, 6.45) is -8.24. The van der Waals surface area contributed by atoms with Gasteiger partial charge in [0.25, 0.3) is 5.91 Å². The number of hydrogen-bond donors (Lipinski definition) is 1. The van der Waals surface area contributed by atoms with Gasteiger partial charge in [-0.15, -0.1) is 13.2 Å². The van der Waals surface area contributed by atoms with Gasteiger partial charge in [0.15, 0.2) is 12.3 Å². The average Bonchev–Trinajstić information content (AvgIpc) is 3.01. The lowest BCUT2D eigenvalue weighted by Crippen LogP contribution is -2.27. The van der Waals surface area contributed by atoms with Crippen LogP contribution in [0.25, 0.3) is 10.9 Å². The van der Waals surface area contributed by atoms with E-state index in [2.05, 4.69) is 24.9 Å². The number of halogens is 6. The fourth-order valence-corrected chi connectivity index (χ4v) is 2.84. The molecular formula is C19H16F6N4O3. The molecule has 2 aromatic heterocycles. The number of fused-ring (bicyclic) bond motifs is 1. The van der Waals surface area contributed by atoms with Crippen LogP contribution in [0.15, 0.2) is 36.5 Å². The van der Waals surface area contributed by atoms with Crippen molar-refractivity contribution in [3.63, 3.8) is 0 Å². The Balaban J connectivity index is 1.72. The molecular weight excluding hydrogens is 446 g/mol. The Bertz CT molecular complexity index is 1110. The van der Waals surface area contributed by atoms with E-state index in [-0.39, 0.29) is 17.0 Å². The van der Waals surface area contributed by atoms with Gasteiger partial charge in [-0.05, 0) is 31.2 Å². The van der Waals surface area contributed by atoms with E-state index < -0.39 is 36.8 Å². The zero-order chi connectivity index (χ0) is 23.7. The van der Waals surface area contributed by atoms with Gasteiger partial charge in [-0.1, -0.05) is 0 Å². The van der Waals surface area contributed by atoms with Gasteiger partial charge in [0.1, 0.15) is 11.5 Å². The molecule has 32 heavy (non-hydrogen) atoms. The fraction of sp³-hybridized carbons (Fsp3) is 0.316. The first-order valence-corrected chi connectivity index (χ1v) is 9.01. The number of pyridine rings is 1. The number of rotatable bonds is 6. The van der Waals surface area contributed by atoms with Crippen molar-refractivity contribution in [2.75, 3.05) is 6.61 Å². The summed E-state index contributed by atoms with van der Waals surface area (Å²) in [5.74, 6) is -1.16. The van der Waals surface area contributed by atoms with E-state index >= 15 is 0 Å². The van der Waals surface area contributed by atoms with Crippen molar-refractivity contribution in [2.24, 2.45) is 7.05 Å². The number of ether oxygens (including phenoxy) is 2. The maximum Gasteiger partial charge on any atom is 0.573 e. The summed E-state index contributed by atoms with van der Waals surface area (Å²) in [7, 11) is 1.46. The van der Waals surface area contributed by atoms with Gasteiger partial charge in [-0.2, -0.15) is 18.3 Å². The largest absolute Gasteiger partial charge is 0.573 e. The Labute approximate surface area is 176 Å². The Morgan fingerprint density at radius 2 is 1.81 bits per heavy atom. The van der Waals surface area contributed by atoms with Gasteiger partial charge in [0.2, 0.25) is 0 Å². The number of nitrogens with one attached hydrogen (secondary N) is 1. The van der Waals surface area contributed by atoms with Crippen molar-refractivity contribution in [1.82, 2.24) is 20.1 Å². The van der Waals surface area contributed by atoms with Gasteiger partial charge in [0.05, 0.1) is 23.4 Å². The van der Waals surface area contributed by atoms with Crippen LogP contribution in [0, 0.1) is 0 Å². The van der Waals surface area contributed by atoms with Gasteiger partial charge >= 0.3 is 12.5 Å². The minimum Gasteiger partial charge on any atom is -0.483 e. The Morgan fingerprint density at radius 3 is 2.41 bits per heavy atom. The van der Waals surface area contributed by atoms with E-state index in [9.17, 15) is 31.1 Å². The van der Waals surface area contributed by atoms with Crippen LogP contribution in [-0.2, 0) is 7.05 Å². The first-order chi connectivity index (χ1) is 14.8. The molecule has 0 bridgehead atoms. The molecule has 2 heterocycles. The van der Waals surface area contributed by atoms with Crippen LogP contribution in [0.3, 0.4) is 0 Å². The predicted molar refractivity (Wildman–Crippen MR) is 99.1 cm³/mol. The lowest BCUT2D eigenvalue weighted by atomic mass is 10.1. The Morgan fingerprint density at radius 1 is 1.12 bits per heavy atom. The molecule has 172 valence electrons. The number of nitrogens with zero attached hydrogens (tertiary/aromatic N) is 3. The molecule has 1 amide bonds. The van der Waals surface area contributed by atoms with Crippen LogP contribution >= 0.6 is 0 Å². The number of hydrogen-bond acceptors (Lipinski definition) is 5. The molecule has 7 nitrogen and oxygen atoms in total. The van der Waals surface area contributed by atoms with Crippen molar-refractivity contribution in [3.05, 3.63) is 47.9 Å². The highest BCUT2D eigenvalue weighted by molar-refractivity contribution is 6.05. The lowest BCUT2D eigenvalue weighted by molar-refractivity contribution is -0.274. The van der Waals surface area contributed by atoms with Crippen molar-refractivity contribution >= 4 is 16.8 Å². The second kappa shape index (κ2) is 8.55. The second-order valence-corrected chi connectivity index (χ2v) is 6.72. The molecule has 0 aliphatic carbocycles. The average molecular weight is 462 g/mol. The van der Waals surface area contributed by atoms with Crippen LogP contribution in [0.1, 0.15) is 29.1 Å². The van der Waals surface area contributed by atoms with E-state index in [1.54, 1.807) is 6.92 Å². The van der Waals surface area contributed by atoms with Crippen LogP contribution in [0.2, 0.25) is 0 Å². The third-order valence-electron chi connectivity index (χ3n) is 4.22. The molecule has 3 aromatic rings. The van der Waals surface area contributed by atoms with Gasteiger partial charge in [-0.3, -0.25) is 14.5 Å². The molecule has 1 atom stereocenters. The Kier molecular flexibility index (Phi) is 6.19. The van der Waals surface area contributed by atoms with Gasteiger partial charge in [-0.25, -0.2) is 0 Å². The number of benzene rings is 1. The molecule has 0 aliphatic heterocycles. The molecule has 1 N–H and O–H groups in total. The van der Waals surface area contributed by atoms with E-state index in [1.165, 1.54) is 29.9 Å². The molecule has 1 aromatic carbocycles. The number of alkyl halides is 6. The molecule has 0 saturated carbocycles. The molecule has 13 heteroatoms. The SMILES string of the molecule is C[C@@H](NC(=O)c1nn(C)c2cc(OC(F)(F)F)ccc12)c1ccc(OCC(F)(F)F)cn1. The normalized spacial score (nSPS) is 13.1. The summed E-state index contributed by atoms with van der Waals surface area (Å²) >= 11 is 0. The summed E-state index contributed by atoms with van der Waals surface area (Å²) in [4.78, 5) is 16.7. The molecule has 0 spiro atoms. The number of aromatic nitrogens is 3. The first kappa shape index (κ1) is 23.2. The zero-order valence-electron chi connectivity index (χ0n) is 16.6. The van der Waals surface area contributed by atoms with Crippen LogP contribution in [0.5, 0.6) is 11.5 Å². The van der Waals surface area contributed by atoms with Crippen LogP contribution in [0.4, 0.5) is 26.3 Å². The summed E-state index contributed by atoms with van der Waals surface area (Å²) in [6, 6.07) is 5.50. The van der Waals surface area contributed by atoms with E-state index in [0.717, 1.165) is 18.3 Å². The quantitative estimate of drug-likeness (QED) is 0.553. The predicted octanol–water partition coefficient (Wildman–Crippen LogP) is 4.30. The highest BCUT2D eigenvalue weighted by atomic mass is 19.4. The monoisotopic (exact) mass is 462 g/mol. The van der Waals surface area contributed by atoms with Crippen LogP contribution < -0.4 is 14.8 Å². The van der Waals surface area contributed by atoms with Crippen molar-refractivity contribution in [3.8, 4) is 11.5 Å². The van der Waals surface area contributed by atoms with Gasteiger partial charge < -0.3 is 14.8 Å². The zero-order valence-corrected chi connectivity index (χ0v) is 16.6. The molecule has 0 radical (unpaired) electrons. The highest BCUT2D eigenvalue weighted by Gasteiger charge is 2.31. The number of amides is 1. The van der Waals surface area contributed by atoms with E-state index in [4.69, 9.17) is 0 Å². The molecule has 0 aliphatic rings. The van der Waals surface area contributed by atoms with E-state index in [1.807, 2.05) is 0 Å². The Hall–Kier alpha value is -3.51. The summed E-state index contributed by atoms with van der Waals surface area (Å²) < 4.78 is 83.6. The highest BCUT2D eigenvalue weighted by Crippen LogP contribution is 2.28. The van der Waals surface area contributed by atoms with Gasteiger partial charge in [0, 0.05) is 18.5 Å². The second-order valence-electron chi connectivity index (χ2n) is 6.72. The van der Waals surface area contributed by atoms with Crippen LogP contribution in [-0.4, -0.2) is 39.8 Å². The number of carbonyl (C=O) groups is 1. The van der Waals surface area contributed by atoms with E-state index in [0.29, 0.717) is 11.1 Å². The third kappa shape index (κ3) is 5.80. The number of aryl methyl sites for hydroxylation is 1. The molecule has 3 rings (SSSR count). The minimum atomic E-state index is -4.86. The maximum absolute atomic E-state index is 12.7. The first-order valence-electron chi connectivity index (χ1n) is 9.01. The molecule has 0 fully saturated rings. The van der Waals surface area contributed by atoms with Crippen molar-refractivity contribution < 1.29 is 40.6 Å². The standard InChI is InChI=1S/C19H16F6N4O3/c1-10(14-6-4-12(8-26-14)31-9-18(20,21)22)27-17(30)16-13-5-3-11(32-19(23,24)25)7-15(13)29(2)28-16/h3-8,10H,9H2,1-2H3,(H,27,30)/t10-/m1/s1. The van der Waals surface area contributed by atoms with Crippen molar-refractivity contribution in [1.29, 1.82) is 0 Å². The van der Waals surface area contributed by atoms with Crippen molar-refractivity contribution in [2.45, 2.75) is 25.5 Å². The summed E-state index contributed by atoms with van der Waals surface area (Å²) in [5.41, 5.74) is 0.561. The number of carbonyl (C=O) groups excluding carboxylic acids is 1. The minimum absolute atomic E-state index is 0.0296.